The first-order valence-corrected chi connectivity index (χ1v) is 18.2. The van der Waals surface area contributed by atoms with Crippen LogP contribution in [0.15, 0.2) is 109 Å². The molecule has 0 unspecified atom stereocenters. The lowest BCUT2D eigenvalue weighted by molar-refractivity contribution is -0.139. The fraction of sp³-hybridized carbons (Fsp3) is 0.279. The van der Waals surface area contributed by atoms with Crippen LogP contribution in [0.1, 0.15) is 53.4 Å². The Bertz CT molecular complexity index is 2160. The molecule has 292 valence electrons. The highest BCUT2D eigenvalue weighted by Crippen LogP contribution is 2.24. The van der Waals surface area contributed by atoms with Crippen molar-refractivity contribution in [1.29, 1.82) is 0 Å². The van der Waals surface area contributed by atoms with E-state index in [1.54, 1.807) is 45.0 Å². The molecule has 0 saturated carbocycles. The zero-order valence-electron chi connectivity index (χ0n) is 31.5. The summed E-state index contributed by atoms with van der Waals surface area (Å²) in [7, 11) is 0. The molecule has 5 N–H and O–H groups in total. The summed E-state index contributed by atoms with van der Waals surface area (Å²) >= 11 is 0. The predicted molar refractivity (Wildman–Crippen MR) is 210 cm³/mol. The van der Waals surface area contributed by atoms with Crippen molar-refractivity contribution in [3.63, 3.8) is 0 Å². The lowest BCUT2D eigenvalue weighted by Gasteiger charge is -2.25. The molecule has 0 radical (unpaired) electrons. The van der Waals surface area contributed by atoms with Crippen molar-refractivity contribution in [3.8, 4) is 5.75 Å². The first kappa shape index (κ1) is 40.6. The van der Waals surface area contributed by atoms with Crippen LogP contribution >= 0.6 is 0 Å². The molecule has 2 atom stereocenters. The van der Waals surface area contributed by atoms with Gasteiger partial charge < -0.3 is 40.2 Å². The Labute approximate surface area is 324 Å². The van der Waals surface area contributed by atoms with Crippen LogP contribution in [0.25, 0.3) is 10.9 Å². The highest BCUT2D eigenvalue weighted by Gasteiger charge is 2.29. The van der Waals surface area contributed by atoms with E-state index < -0.39 is 54.1 Å². The molecule has 4 aromatic carbocycles. The fourth-order valence-electron chi connectivity index (χ4n) is 6.24. The molecule has 13 heteroatoms. The van der Waals surface area contributed by atoms with Gasteiger partial charge in [0.2, 0.25) is 11.8 Å². The topological polar surface area (TPSA) is 185 Å². The normalized spacial score (nSPS) is 12.3. The number of aromatic nitrogens is 1. The van der Waals surface area contributed by atoms with Gasteiger partial charge in [0.1, 0.15) is 29.0 Å². The van der Waals surface area contributed by atoms with Crippen LogP contribution in [0, 0.1) is 0 Å². The van der Waals surface area contributed by atoms with Gasteiger partial charge in [-0.15, -0.1) is 0 Å². The van der Waals surface area contributed by atoms with E-state index in [0.717, 1.165) is 27.6 Å². The molecule has 0 fully saturated rings. The van der Waals surface area contributed by atoms with E-state index in [-0.39, 0.29) is 30.7 Å². The Morgan fingerprint density at radius 3 is 2.02 bits per heavy atom. The van der Waals surface area contributed by atoms with Gasteiger partial charge in [-0.25, -0.2) is 14.4 Å². The third-order valence-corrected chi connectivity index (χ3v) is 8.75. The number of nitrogens with one attached hydrogen (secondary N) is 3. The minimum absolute atomic E-state index is 0.0894. The summed E-state index contributed by atoms with van der Waals surface area (Å²) in [4.78, 5) is 64.1. The minimum atomic E-state index is -1.37. The molecular formula is C43H46N4O9. The van der Waals surface area contributed by atoms with Crippen molar-refractivity contribution in [1.82, 2.24) is 20.5 Å². The van der Waals surface area contributed by atoms with Gasteiger partial charge in [0.05, 0.1) is 0 Å². The van der Waals surface area contributed by atoms with E-state index >= 15 is 0 Å². The number of carbonyl (C=O) groups excluding carboxylic acids is 3. The number of hydrogen-bond acceptors (Lipinski definition) is 7. The van der Waals surface area contributed by atoms with Gasteiger partial charge >= 0.3 is 18.0 Å². The Morgan fingerprint density at radius 2 is 1.36 bits per heavy atom. The summed E-state index contributed by atoms with van der Waals surface area (Å²) in [6.07, 6.45) is 1.68. The van der Waals surface area contributed by atoms with Crippen LogP contribution in [0.3, 0.4) is 0 Å². The van der Waals surface area contributed by atoms with Crippen molar-refractivity contribution in [2.45, 2.75) is 64.3 Å². The first-order valence-electron chi connectivity index (χ1n) is 18.2. The number of carboxylic acids is 2. The third-order valence-electron chi connectivity index (χ3n) is 8.75. The number of amides is 3. The van der Waals surface area contributed by atoms with E-state index in [1.807, 2.05) is 48.5 Å². The maximum absolute atomic E-state index is 14.0. The number of hydrogen-bond donors (Lipinski definition) is 5. The second kappa shape index (κ2) is 18.6. The molecule has 3 amide bonds. The fourth-order valence-corrected chi connectivity index (χ4v) is 6.24. The molecule has 1 heterocycles. The standard InChI is InChI=1S/C43H46N4O9/c1-43(2,3)56-42(54)46-35(23-28-12-6-4-7-13-28)40(51)45-34(24-30-18-19-37(55-27-38(48)49)33(22-30)41(52)53)39(50)44-21-20-31-26-47(25-29-14-8-5-9-15-29)36-17-11-10-16-32(31)36/h4-19,22,26,34-35H,20-21,23-25,27H2,1-3H3,(H,44,50)(H,45,51)(H,46,54)(H,48,49)(H,52,53)/t34-,35-/m0/s1. The van der Waals surface area contributed by atoms with Gasteiger partial charge in [-0.05, 0) is 67.6 Å². The smallest absolute Gasteiger partial charge is 0.408 e. The van der Waals surface area contributed by atoms with Gasteiger partial charge in [0.15, 0.2) is 6.61 Å². The van der Waals surface area contributed by atoms with Gasteiger partial charge in [0.25, 0.3) is 0 Å². The number of benzene rings is 4. The van der Waals surface area contributed by atoms with E-state index in [4.69, 9.17) is 14.6 Å². The van der Waals surface area contributed by atoms with Gasteiger partial charge in [0, 0.05) is 43.0 Å². The maximum Gasteiger partial charge on any atom is 0.408 e. The molecule has 56 heavy (non-hydrogen) atoms. The molecular weight excluding hydrogens is 716 g/mol. The van der Waals surface area contributed by atoms with Crippen molar-refractivity contribution in [2.75, 3.05) is 13.2 Å². The van der Waals surface area contributed by atoms with E-state index in [9.17, 15) is 29.1 Å². The Kier molecular flexibility index (Phi) is 13.5. The van der Waals surface area contributed by atoms with Crippen LogP contribution < -0.4 is 20.7 Å². The summed E-state index contributed by atoms with van der Waals surface area (Å²) in [6.45, 7) is 5.23. The van der Waals surface area contributed by atoms with Crippen LogP contribution in [0.2, 0.25) is 0 Å². The second-order valence-corrected chi connectivity index (χ2v) is 14.3. The number of fused-ring (bicyclic) bond motifs is 1. The van der Waals surface area contributed by atoms with Crippen LogP contribution in [0.5, 0.6) is 5.75 Å². The SMILES string of the molecule is CC(C)(C)OC(=O)N[C@@H](Cc1ccccc1)C(=O)N[C@@H](Cc1ccc(OCC(=O)O)c(C(=O)O)c1)C(=O)NCCc1cn(Cc2ccccc2)c2ccccc12. The number of ether oxygens (including phenoxy) is 2. The van der Waals surface area contributed by atoms with Gasteiger partial charge in [-0.1, -0.05) is 84.9 Å². The number of carbonyl (C=O) groups is 5. The number of aromatic carboxylic acids is 1. The van der Waals surface area contributed by atoms with E-state index in [0.29, 0.717) is 18.5 Å². The number of aliphatic carboxylic acids is 1. The predicted octanol–water partition coefficient (Wildman–Crippen LogP) is 5.37. The summed E-state index contributed by atoms with van der Waals surface area (Å²) in [5.74, 6) is -4.01. The van der Waals surface area contributed by atoms with E-state index in [2.05, 4.69) is 38.8 Å². The summed E-state index contributed by atoms with van der Waals surface area (Å²) in [6, 6.07) is 28.9. The van der Waals surface area contributed by atoms with E-state index in [1.165, 1.54) is 18.2 Å². The molecule has 0 spiro atoms. The maximum atomic E-state index is 14.0. The third kappa shape index (κ3) is 11.7. The minimum Gasteiger partial charge on any atom is -0.481 e. The molecule has 0 aliphatic heterocycles. The highest BCUT2D eigenvalue weighted by molar-refractivity contribution is 5.93. The second-order valence-electron chi connectivity index (χ2n) is 14.3. The van der Waals surface area contributed by atoms with Crippen molar-refractivity contribution >= 4 is 40.7 Å². The highest BCUT2D eigenvalue weighted by atomic mass is 16.6. The first-order chi connectivity index (χ1) is 26.8. The van der Waals surface area contributed by atoms with Crippen molar-refractivity contribution in [3.05, 3.63) is 137 Å². The lowest BCUT2D eigenvalue weighted by Crippen LogP contribution is -2.55. The van der Waals surface area contributed by atoms with Crippen molar-refractivity contribution in [2.24, 2.45) is 0 Å². The lowest BCUT2D eigenvalue weighted by atomic mass is 10.0. The van der Waals surface area contributed by atoms with Crippen LogP contribution in [-0.4, -0.2) is 75.5 Å². The summed E-state index contributed by atoms with van der Waals surface area (Å²) in [5.41, 5.74) is 3.17. The average molecular weight is 763 g/mol. The van der Waals surface area contributed by atoms with Crippen molar-refractivity contribution < 1.29 is 43.7 Å². The van der Waals surface area contributed by atoms with Gasteiger partial charge in [-0.3, -0.25) is 9.59 Å². The quantitative estimate of drug-likeness (QED) is 0.0831. The average Bonchev–Trinajstić information content (AvgIpc) is 3.50. The molecule has 5 aromatic rings. The number of carboxylic acid groups (broad SMARTS) is 2. The van der Waals surface area contributed by atoms with Crippen LogP contribution in [-0.2, 0) is 44.9 Å². The molecule has 13 nitrogen and oxygen atoms in total. The largest absolute Gasteiger partial charge is 0.481 e. The number of rotatable bonds is 17. The molecule has 0 bridgehead atoms. The summed E-state index contributed by atoms with van der Waals surface area (Å²) < 4.78 is 12.8. The zero-order valence-corrected chi connectivity index (χ0v) is 31.5. The molecule has 0 saturated heterocycles. The molecule has 0 aliphatic carbocycles. The Balaban J connectivity index is 1.38. The number of para-hydroxylation sites is 1. The number of alkyl carbamates (subject to hydrolysis) is 1. The molecule has 1 aromatic heterocycles. The number of nitrogens with zero attached hydrogens (tertiary/aromatic N) is 1. The summed E-state index contributed by atoms with van der Waals surface area (Å²) in [5, 5.41) is 28.3. The Hall–Kier alpha value is -6.63. The molecule has 0 aliphatic rings. The monoisotopic (exact) mass is 762 g/mol. The Morgan fingerprint density at radius 1 is 0.732 bits per heavy atom. The van der Waals surface area contributed by atoms with Gasteiger partial charge in [-0.2, -0.15) is 0 Å². The zero-order chi connectivity index (χ0) is 40.2. The molecule has 5 rings (SSSR count). The van der Waals surface area contributed by atoms with Crippen LogP contribution in [0.4, 0.5) is 4.79 Å².